The Labute approximate surface area is 167 Å². The highest BCUT2D eigenvalue weighted by molar-refractivity contribution is 8.05. The maximum atomic E-state index is 12.3. The van der Waals surface area contributed by atoms with E-state index in [1.165, 1.54) is 0 Å². The lowest BCUT2D eigenvalue weighted by Gasteiger charge is -2.20. The highest BCUT2D eigenvalue weighted by Crippen LogP contribution is 2.24. The number of benzene rings is 1. The van der Waals surface area contributed by atoms with Crippen molar-refractivity contribution in [3.05, 3.63) is 24.3 Å². The zero-order valence-electron chi connectivity index (χ0n) is 15.9. The van der Waals surface area contributed by atoms with Crippen molar-refractivity contribution in [3.63, 3.8) is 0 Å². The van der Waals surface area contributed by atoms with Crippen LogP contribution < -0.4 is 8.86 Å². The molecule has 0 unspecified atom stereocenters. The van der Waals surface area contributed by atoms with Gasteiger partial charge in [-0.2, -0.15) is 13.2 Å². The van der Waals surface area contributed by atoms with Crippen molar-refractivity contribution in [2.75, 3.05) is 13.2 Å². The van der Waals surface area contributed by atoms with Gasteiger partial charge in [0.1, 0.15) is 5.75 Å². The highest BCUT2D eigenvalue weighted by Gasteiger charge is 2.48. The van der Waals surface area contributed by atoms with Crippen LogP contribution in [0.15, 0.2) is 29.2 Å². The van der Waals surface area contributed by atoms with Crippen molar-refractivity contribution < 1.29 is 44.3 Å². The lowest BCUT2D eigenvalue weighted by atomic mass is 9.91. The summed E-state index contributed by atoms with van der Waals surface area (Å²) < 4.78 is 93.5. The molecule has 29 heavy (non-hydrogen) atoms. The van der Waals surface area contributed by atoms with E-state index < -0.39 is 35.9 Å². The molecule has 13 heteroatoms. The molecule has 0 atom stereocenters. The molecule has 1 aromatic carbocycles. The number of sulfonamides is 2. The third-order valence-corrected chi connectivity index (χ3v) is 7.14. The molecule has 0 aliphatic rings. The molecule has 0 aromatic heterocycles. The van der Waals surface area contributed by atoms with Gasteiger partial charge in [0.2, 0.25) is 0 Å². The van der Waals surface area contributed by atoms with E-state index >= 15 is 0 Å². The second-order valence-corrected chi connectivity index (χ2v) is 10.2. The minimum absolute atomic E-state index is 0.119. The Balaban J connectivity index is 2.59. The lowest BCUT2D eigenvalue weighted by molar-refractivity contribution is -0.154. The molecule has 1 aromatic rings. The zero-order valence-corrected chi connectivity index (χ0v) is 17.6. The van der Waals surface area contributed by atoms with Gasteiger partial charge in [0, 0.05) is 6.42 Å². The Kier molecular flexibility index (Phi) is 8.08. The van der Waals surface area contributed by atoms with Gasteiger partial charge in [-0.05, 0) is 44.5 Å². The summed E-state index contributed by atoms with van der Waals surface area (Å²) in [6.45, 7) is 5.63. The summed E-state index contributed by atoms with van der Waals surface area (Å²) in [5.74, 6) is -0.140. The molecule has 0 saturated carbocycles. The Bertz CT molecular complexity index is 909. The van der Waals surface area contributed by atoms with Crippen molar-refractivity contribution in [2.24, 2.45) is 5.41 Å². The van der Waals surface area contributed by atoms with E-state index in [2.05, 4.69) is 0 Å². The molecule has 0 aliphatic carbocycles. The molecule has 0 amide bonds. The minimum atomic E-state index is -6.06. The van der Waals surface area contributed by atoms with Gasteiger partial charge in [-0.1, -0.05) is 11.1 Å². The number of alkyl halides is 3. The monoisotopic (exact) mass is 461 g/mol. The molecule has 0 spiro atoms. The first-order valence-corrected chi connectivity index (χ1v) is 11.3. The van der Waals surface area contributed by atoms with Crippen LogP contribution in [0, 0.1) is 5.41 Å². The van der Waals surface area contributed by atoms with Crippen LogP contribution in [-0.4, -0.2) is 41.5 Å². The van der Waals surface area contributed by atoms with E-state index in [-0.39, 0.29) is 24.9 Å². The fourth-order valence-electron chi connectivity index (χ4n) is 1.71. The third kappa shape index (κ3) is 7.16. The lowest BCUT2D eigenvalue weighted by Crippen LogP contribution is -2.40. The van der Waals surface area contributed by atoms with Crippen LogP contribution in [0.3, 0.4) is 0 Å². The fourth-order valence-corrected chi connectivity index (χ4v) is 4.12. The number of halogens is 3. The van der Waals surface area contributed by atoms with E-state index in [0.717, 1.165) is 24.3 Å². The normalized spacial score (nSPS) is 13.2. The maximum Gasteiger partial charge on any atom is 0.512 e. The Morgan fingerprint density at radius 2 is 1.59 bits per heavy atom. The number of ether oxygens (including phenoxy) is 2. The smallest absolute Gasteiger partial charge is 0.493 e. The summed E-state index contributed by atoms with van der Waals surface area (Å²) in [6.07, 6.45) is 0.980. The van der Waals surface area contributed by atoms with Crippen LogP contribution in [0.25, 0.3) is 0 Å². The van der Waals surface area contributed by atoms with Crippen molar-refractivity contribution in [3.8, 4) is 5.75 Å². The van der Waals surface area contributed by atoms with E-state index in [1.54, 1.807) is 13.8 Å². The Hall–Kier alpha value is -1.86. The van der Waals surface area contributed by atoms with Crippen LogP contribution >= 0.6 is 0 Å². The van der Waals surface area contributed by atoms with Crippen LogP contribution in [0.1, 0.15) is 33.6 Å². The van der Waals surface area contributed by atoms with Crippen molar-refractivity contribution >= 4 is 26.0 Å². The Morgan fingerprint density at radius 1 is 1.03 bits per heavy atom. The van der Waals surface area contributed by atoms with Crippen molar-refractivity contribution in [1.29, 1.82) is 0 Å². The summed E-state index contributed by atoms with van der Waals surface area (Å²) in [5, 5.41) is 0. The van der Waals surface area contributed by atoms with Gasteiger partial charge < -0.3 is 9.47 Å². The summed E-state index contributed by atoms with van der Waals surface area (Å²) in [5.41, 5.74) is -6.35. The average Bonchev–Trinajstić information content (AvgIpc) is 2.59. The molecule has 0 saturated heterocycles. The van der Waals surface area contributed by atoms with Crippen LogP contribution in [0.4, 0.5) is 13.2 Å². The highest BCUT2D eigenvalue weighted by atomic mass is 32.3. The first-order valence-electron chi connectivity index (χ1n) is 8.37. The first-order chi connectivity index (χ1) is 13.1. The standard InChI is InChI=1S/C16H22F3NO7S2/c1-4-15(2,3)14(21)27-11-5-10-26-12-6-8-13(9-7-12)28(22,23)20-29(24,25)16(17,18)19/h6-9,20H,4-5,10-11H2,1-3H3. The van der Waals surface area contributed by atoms with Gasteiger partial charge in [0.25, 0.3) is 10.0 Å². The number of esters is 1. The average molecular weight is 461 g/mol. The molecule has 0 fully saturated rings. The molecule has 0 radical (unpaired) electrons. The Morgan fingerprint density at radius 3 is 2.07 bits per heavy atom. The second kappa shape index (κ2) is 9.30. The number of rotatable bonds is 10. The van der Waals surface area contributed by atoms with Gasteiger partial charge in [0.05, 0.1) is 23.5 Å². The second-order valence-electron chi connectivity index (χ2n) is 6.58. The van der Waals surface area contributed by atoms with Crippen molar-refractivity contribution in [1.82, 2.24) is 4.13 Å². The predicted molar refractivity (Wildman–Crippen MR) is 96.9 cm³/mol. The molecular formula is C16H22F3NO7S2. The van der Waals surface area contributed by atoms with Gasteiger partial charge in [0.15, 0.2) is 0 Å². The van der Waals surface area contributed by atoms with Gasteiger partial charge in [-0.15, -0.1) is 0 Å². The zero-order chi connectivity index (χ0) is 22.5. The molecule has 0 bridgehead atoms. The van der Waals surface area contributed by atoms with E-state index in [9.17, 15) is 34.8 Å². The fraction of sp³-hybridized carbons (Fsp3) is 0.562. The molecule has 0 heterocycles. The molecule has 8 nitrogen and oxygen atoms in total. The van der Waals surface area contributed by atoms with Gasteiger partial charge in [-0.25, -0.2) is 16.8 Å². The molecule has 1 N–H and O–H groups in total. The van der Waals surface area contributed by atoms with Crippen LogP contribution in [0.2, 0.25) is 0 Å². The SMILES string of the molecule is CCC(C)(C)C(=O)OCCCOc1ccc(S(=O)(=O)NS(=O)(=O)C(F)(F)F)cc1. The van der Waals surface area contributed by atoms with E-state index in [0.29, 0.717) is 17.0 Å². The number of carbonyl (C=O) groups is 1. The predicted octanol–water partition coefficient (Wildman–Crippen LogP) is 2.56. The number of hydrogen-bond acceptors (Lipinski definition) is 7. The third-order valence-electron chi connectivity index (χ3n) is 3.89. The van der Waals surface area contributed by atoms with Crippen molar-refractivity contribution in [2.45, 2.75) is 44.0 Å². The summed E-state index contributed by atoms with van der Waals surface area (Å²) >= 11 is 0. The molecular weight excluding hydrogens is 439 g/mol. The number of carbonyl (C=O) groups excluding carboxylic acids is 1. The molecule has 1 rings (SSSR count). The van der Waals surface area contributed by atoms with E-state index in [1.807, 2.05) is 6.92 Å². The topological polar surface area (TPSA) is 116 Å². The van der Waals surface area contributed by atoms with Gasteiger partial charge in [-0.3, -0.25) is 4.79 Å². The number of hydrogen-bond donors (Lipinski definition) is 1. The quantitative estimate of drug-likeness (QED) is 0.420. The van der Waals surface area contributed by atoms with Gasteiger partial charge >= 0.3 is 21.5 Å². The maximum absolute atomic E-state index is 12.3. The molecule has 166 valence electrons. The molecule has 0 aliphatic heterocycles. The first kappa shape index (κ1) is 25.2. The summed E-state index contributed by atoms with van der Waals surface area (Å²) in [4.78, 5) is 11.1. The minimum Gasteiger partial charge on any atom is -0.493 e. The number of nitrogens with one attached hydrogen (secondary N) is 1. The van der Waals surface area contributed by atoms with Crippen LogP contribution in [0.5, 0.6) is 5.75 Å². The summed E-state index contributed by atoms with van der Waals surface area (Å²) in [7, 11) is -11.0. The largest absolute Gasteiger partial charge is 0.512 e. The summed E-state index contributed by atoms with van der Waals surface area (Å²) in [6, 6.07) is 4.10. The van der Waals surface area contributed by atoms with Crippen LogP contribution in [-0.2, 0) is 29.6 Å². The van der Waals surface area contributed by atoms with E-state index in [4.69, 9.17) is 9.47 Å².